The summed E-state index contributed by atoms with van der Waals surface area (Å²) in [5.41, 5.74) is 3.46. The number of aromatic nitrogens is 2. The van der Waals surface area contributed by atoms with Crippen LogP contribution in [0.15, 0.2) is 46.9 Å². The number of hydrogen-bond acceptors (Lipinski definition) is 6. The molecule has 0 aliphatic heterocycles. The van der Waals surface area contributed by atoms with Crippen molar-refractivity contribution in [1.29, 1.82) is 0 Å². The third-order valence-corrected chi connectivity index (χ3v) is 3.98. The molecule has 1 N–H and O–H groups in total. The molecule has 0 aliphatic rings. The number of hydrogen-bond donors (Lipinski definition) is 1. The molecule has 3 rings (SSSR count). The SMILES string of the molecule is COc1ccc(OCC(=O)Nc2nnc(Cc3ccc(C)cc3C)o2)cc1. The number of nitrogens with zero attached hydrogens (tertiary/aromatic N) is 2. The third-order valence-electron chi connectivity index (χ3n) is 3.98. The minimum Gasteiger partial charge on any atom is -0.497 e. The van der Waals surface area contributed by atoms with Crippen molar-refractivity contribution >= 4 is 11.9 Å². The van der Waals surface area contributed by atoms with Crippen molar-refractivity contribution in [3.05, 3.63) is 65.0 Å². The molecular weight excluding hydrogens is 346 g/mol. The van der Waals surface area contributed by atoms with Crippen LogP contribution in [0.5, 0.6) is 11.5 Å². The molecule has 0 spiro atoms. The van der Waals surface area contributed by atoms with Crippen LogP contribution in [0.1, 0.15) is 22.6 Å². The number of rotatable bonds is 7. The van der Waals surface area contributed by atoms with E-state index in [2.05, 4.69) is 21.6 Å². The Morgan fingerprint density at radius 3 is 2.52 bits per heavy atom. The predicted molar refractivity (Wildman–Crippen MR) is 100 cm³/mol. The molecule has 0 saturated carbocycles. The molecule has 0 aliphatic carbocycles. The Bertz CT molecular complexity index is 919. The van der Waals surface area contributed by atoms with Gasteiger partial charge in [-0.05, 0) is 49.2 Å². The Hall–Kier alpha value is -3.35. The number of methoxy groups -OCH3 is 1. The largest absolute Gasteiger partial charge is 0.497 e. The molecule has 7 heteroatoms. The maximum atomic E-state index is 12.0. The molecule has 0 saturated heterocycles. The second-order valence-electron chi connectivity index (χ2n) is 6.12. The van der Waals surface area contributed by atoms with Crippen molar-refractivity contribution in [1.82, 2.24) is 10.2 Å². The highest BCUT2D eigenvalue weighted by molar-refractivity contribution is 5.89. The van der Waals surface area contributed by atoms with Crippen LogP contribution in [0.25, 0.3) is 0 Å². The standard InChI is InChI=1S/C20H21N3O4/c1-13-4-5-15(14(2)10-13)11-19-22-23-20(27-19)21-18(24)12-26-17-8-6-16(25-3)7-9-17/h4-10H,11-12H2,1-3H3,(H,21,23,24). The summed E-state index contributed by atoms with van der Waals surface area (Å²) >= 11 is 0. The van der Waals surface area contributed by atoms with Crippen molar-refractivity contribution in [2.24, 2.45) is 0 Å². The van der Waals surface area contributed by atoms with Crippen molar-refractivity contribution in [3.63, 3.8) is 0 Å². The van der Waals surface area contributed by atoms with E-state index in [1.165, 1.54) is 5.56 Å². The van der Waals surface area contributed by atoms with E-state index in [0.717, 1.165) is 11.1 Å². The normalized spacial score (nSPS) is 10.5. The summed E-state index contributed by atoms with van der Waals surface area (Å²) in [6, 6.07) is 13.2. The van der Waals surface area contributed by atoms with E-state index in [1.807, 2.05) is 26.0 Å². The number of aryl methyl sites for hydroxylation is 2. The van der Waals surface area contributed by atoms with Gasteiger partial charge < -0.3 is 13.9 Å². The number of nitrogens with one attached hydrogen (secondary N) is 1. The van der Waals surface area contributed by atoms with Gasteiger partial charge in [0.15, 0.2) is 6.61 Å². The summed E-state index contributed by atoms with van der Waals surface area (Å²) in [4.78, 5) is 12.0. The molecule has 0 unspecified atom stereocenters. The van der Waals surface area contributed by atoms with Crippen LogP contribution in [0, 0.1) is 13.8 Å². The van der Waals surface area contributed by atoms with Crippen molar-refractivity contribution in [2.45, 2.75) is 20.3 Å². The van der Waals surface area contributed by atoms with E-state index in [-0.39, 0.29) is 18.5 Å². The van der Waals surface area contributed by atoms with Crippen molar-refractivity contribution in [2.75, 3.05) is 19.0 Å². The van der Waals surface area contributed by atoms with Gasteiger partial charge in [0.1, 0.15) is 11.5 Å². The number of benzene rings is 2. The van der Waals surface area contributed by atoms with Gasteiger partial charge in [-0.1, -0.05) is 28.9 Å². The fraction of sp³-hybridized carbons (Fsp3) is 0.250. The summed E-state index contributed by atoms with van der Waals surface area (Å²) in [6.07, 6.45) is 0.511. The fourth-order valence-corrected chi connectivity index (χ4v) is 2.56. The van der Waals surface area contributed by atoms with Gasteiger partial charge >= 0.3 is 6.01 Å². The highest BCUT2D eigenvalue weighted by Crippen LogP contribution is 2.18. The average molecular weight is 367 g/mol. The lowest BCUT2D eigenvalue weighted by Gasteiger charge is -2.06. The Labute approximate surface area is 157 Å². The molecule has 1 heterocycles. The lowest BCUT2D eigenvalue weighted by atomic mass is 10.0. The maximum Gasteiger partial charge on any atom is 0.322 e. The molecule has 27 heavy (non-hydrogen) atoms. The summed E-state index contributed by atoms with van der Waals surface area (Å²) in [6.45, 7) is 3.92. The van der Waals surface area contributed by atoms with E-state index < -0.39 is 0 Å². The number of carbonyl (C=O) groups excluding carboxylic acids is 1. The molecule has 3 aromatic rings. The smallest absolute Gasteiger partial charge is 0.322 e. The van der Waals surface area contributed by atoms with Gasteiger partial charge in [0.2, 0.25) is 5.89 Å². The summed E-state index contributed by atoms with van der Waals surface area (Å²) in [5, 5.41) is 10.4. The van der Waals surface area contributed by atoms with E-state index in [9.17, 15) is 4.79 Å². The zero-order chi connectivity index (χ0) is 19.2. The van der Waals surface area contributed by atoms with Crippen LogP contribution in [-0.2, 0) is 11.2 Å². The summed E-state index contributed by atoms with van der Waals surface area (Å²) in [5.74, 6) is 1.34. The van der Waals surface area contributed by atoms with Crippen molar-refractivity contribution in [3.8, 4) is 11.5 Å². The van der Waals surface area contributed by atoms with Crippen LogP contribution in [0.4, 0.5) is 6.01 Å². The highest BCUT2D eigenvalue weighted by Gasteiger charge is 2.12. The number of carbonyl (C=O) groups is 1. The van der Waals surface area contributed by atoms with E-state index >= 15 is 0 Å². The van der Waals surface area contributed by atoms with E-state index in [0.29, 0.717) is 23.8 Å². The molecule has 0 bridgehead atoms. The van der Waals surface area contributed by atoms with Gasteiger partial charge in [-0.15, -0.1) is 5.10 Å². The first-order valence-electron chi connectivity index (χ1n) is 8.48. The first-order chi connectivity index (χ1) is 13.0. The molecule has 1 amide bonds. The van der Waals surface area contributed by atoms with Gasteiger partial charge in [-0.3, -0.25) is 10.1 Å². The third kappa shape index (κ3) is 5.07. The Morgan fingerprint density at radius 1 is 1.07 bits per heavy atom. The van der Waals surface area contributed by atoms with Crippen LogP contribution < -0.4 is 14.8 Å². The molecule has 0 atom stereocenters. The molecule has 2 aromatic carbocycles. The number of anilines is 1. The number of amides is 1. The van der Waals surface area contributed by atoms with Gasteiger partial charge in [-0.25, -0.2) is 0 Å². The Kier molecular flexibility index (Phi) is 5.71. The first-order valence-corrected chi connectivity index (χ1v) is 8.48. The monoisotopic (exact) mass is 367 g/mol. The van der Waals surface area contributed by atoms with Crippen LogP contribution in [-0.4, -0.2) is 29.8 Å². The van der Waals surface area contributed by atoms with Crippen LogP contribution in [0.2, 0.25) is 0 Å². The van der Waals surface area contributed by atoms with Gasteiger partial charge in [0.25, 0.3) is 5.91 Å². The zero-order valence-electron chi connectivity index (χ0n) is 15.5. The second kappa shape index (κ2) is 8.35. The Balaban J connectivity index is 1.52. The fourth-order valence-electron chi connectivity index (χ4n) is 2.56. The van der Waals surface area contributed by atoms with Crippen molar-refractivity contribution < 1.29 is 18.7 Å². The predicted octanol–water partition coefficient (Wildman–Crippen LogP) is 3.30. The van der Waals surface area contributed by atoms with Crippen LogP contribution >= 0.6 is 0 Å². The lowest BCUT2D eigenvalue weighted by Crippen LogP contribution is -2.20. The molecular formula is C20H21N3O4. The maximum absolute atomic E-state index is 12.0. The summed E-state index contributed by atoms with van der Waals surface area (Å²) < 4.78 is 16.0. The first kappa shape index (κ1) is 18.4. The van der Waals surface area contributed by atoms with Gasteiger partial charge in [-0.2, -0.15) is 0 Å². The van der Waals surface area contributed by atoms with E-state index in [1.54, 1.807) is 31.4 Å². The topological polar surface area (TPSA) is 86.5 Å². The van der Waals surface area contributed by atoms with Crippen LogP contribution in [0.3, 0.4) is 0 Å². The average Bonchev–Trinajstić information content (AvgIpc) is 3.09. The molecule has 7 nitrogen and oxygen atoms in total. The molecule has 0 fully saturated rings. The minimum atomic E-state index is -0.382. The molecule has 140 valence electrons. The minimum absolute atomic E-state index is 0.0538. The second-order valence-corrected chi connectivity index (χ2v) is 6.12. The van der Waals surface area contributed by atoms with E-state index in [4.69, 9.17) is 13.9 Å². The molecule has 0 radical (unpaired) electrons. The summed E-state index contributed by atoms with van der Waals surface area (Å²) in [7, 11) is 1.59. The molecule has 1 aromatic heterocycles. The zero-order valence-corrected chi connectivity index (χ0v) is 15.5. The van der Waals surface area contributed by atoms with Gasteiger partial charge in [0, 0.05) is 0 Å². The Morgan fingerprint density at radius 2 is 1.81 bits per heavy atom. The highest BCUT2D eigenvalue weighted by atomic mass is 16.5. The quantitative estimate of drug-likeness (QED) is 0.689. The van der Waals surface area contributed by atoms with Gasteiger partial charge in [0.05, 0.1) is 13.5 Å². The lowest BCUT2D eigenvalue weighted by molar-refractivity contribution is -0.118. The number of ether oxygens (including phenoxy) is 2.